The topological polar surface area (TPSA) is 87.1 Å². The Morgan fingerprint density at radius 3 is 2.57 bits per heavy atom. The highest BCUT2D eigenvalue weighted by Gasteiger charge is 2.20. The number of carbonyl (C=O) groups excluding carboxylic acids is 1. The van der Waals surface area contributed by atoms with E-state index >= 15 is 0 Å². The first-order chi connectivity index (χ1) is 11.0. The molecule has 7 nitrogen and oxygen atoms in total. The highest BCUT2D eigenvalue weighted by Crippen LogP contribution is 2.08. The molecule has 1 fully saturated rings. The van der Waals surface area contributed by atoms with Crippen molar-refractivity contribution in [2.24, 2.45) is 16.6 Å². The Morgan fingerprint density at radius 1 is 1.35 bits per heavy atom. The van der Waals surface area contributed by atoms with E-state index in [1.165, 1.54) is 0 Å². The first-order valence-corrected chi connectivity index (χ1v) is 8.06. The van der Waals surface area contributed by atoms with Crippen molar-refractivity contribution in [2.45, 2.75) is 20.4 Å². The minimum absolute atomic E-state index is 0.180. The molecule has 0 radical (unpaired) electrons. The van der Waals surface area contributed by atoms with Crippen molar-refractivity contribution < 1.29 is 9.21 Å². The van der Waals surface area contributed by atoms with E-state index in [4.69, 9.17) is 10.2 Å². The summed E-state index contributed by atoms with van der Waals surface area (Å²) in [7, 11) is 1.78. The Balaban J connectivity index is 1.83. The third kappa shape index (κ3) is 4.99. The molecule has 1 aliphatic rings. The van der Waals surface area contributed by atoms with Crippen LogP contribution in [0.1, 0.15) is 30.2 Å². The molecule has 128 valence electrons. The summed E-state index contributed by atoms with van der Waals surface area (Å²) in [6.07, 6.45) is 0. The predicted molar refractivity (Wildman–Crippen MR) is 90.3 cm³/mol. The number of nitrogens with two attached hydrogens (primary N) is 1. The molecule has 0 aliphatic carbocycles. The van der Waals surface area contributed by atoms with Gasteiger partial charge in [-0.3, -0.25) is 14.7 Å². The number of nitrogens with one attached hydrogen (secondary N) is 1. The predicted octanol–water partition coefficient (Wildman–Crippen LogP) is 0.728. The van der Waals surface area contributed by atoms with E-state index < -0.39 is 5.91 Å². The fourth-order valence-electron chi connectivity index (χ4n) is 2.76. The van der Waals surface area contributed by atoms with E-state index in [0.717, 1.165) is 38.7 Å². The molecule has 3 N–H and O–H groups in total. The van der Waals surface area contributed by atoms with E-state index in [1.807, 2.05) is 0 Å². The molecule has 0 saturated carbocycles. The van der Waals surface area contributed by atoms with Crippen LogP contribution >= 0.6 is 0 Å². The number of nitrogens with zero attached hydrogens (tertiary/aromatic N) is 3. The summed E-state index contributed by atoms with van der Waals surface area (Å²) < 4.78 is 5.37. The van der Waals surface area contributed by atoms with Gasteiger partial charge < -0.3 is 20.4 Å². The summed E-state index contributed by atoms with van der Waals surface area (Å²) in [5.74, 6) is 1.84. The van der Waals surface area contributed by atoms with Crippen LogP contribution in [0.15, 0.2) is 21.5 Å². The molecule has 0 aromatic carbocycles. The lowest BCUT2D eigenvalue weighted by Crippen LogP contribution is -2.52. The van der Waals surface area contributed by atoms with Crippen LogP contribution in [0.3, 0.4) is 0 Å². The van der Waals surface area contributed by atoms with Crippen molar-refractivity contribution >= 4 is 11.9 Å². The van der Waals surface area contributed by atoms with Gasteiger partial charge >= 0.3 is 0 Å². The van der Waals surface area contributed by atoms with Crippen molar-refractivity contribution in [3.63, 3.8) is 0 Å². The van der Waals surface area contributed by atoms with Crippen molar-refractivity contribution in [1.82, 2.24) is 15.1 Å². The van der Waals surface area contributed by atoms with Crippen molar-refractivity contribution in [1.29, 1.82) is 0 Å². The van der Waals surface area contributed by atoms with Gasteiger partial charge in [-0.2, -0.15) is 0 Å². The van der Waals surface area contributed by atoms with Gasteiger partial charge in [-0.25, -0.2) is 0 Å². The molecule has 0 atom stereocenters. The molecule has 1 amide bonds. The van der Waals surface area contributed by atoms with Gasteiger partial charge in [0.1, 0.15) is 5.76 Å². The van der Waals surface area contributed by atoms with Gasteiger partial charge in [-0.15, -0.1) is 0 Å². The minimum atomic E-state index is -0.554. The first kappa shape index (κ1) is 17.3. The molecule has 0 bridgehead atoms. The number of carbonyl (C=O) groups is 1. The van der Waals surface area contributed by atoms with Crippen LogP contribution in [0, 0.1) is 5.92 Å². The highest BCUT2D eigenvalue weighted by molar-refractivity contribution is 5.89. The summed E-state index contributed by atoms with van der Waals surface area (Å²) in [4.78, 5) is 20.1. The molecule has 1 aliphatic heterocycles. The van der Waals surface area contributed by atoms with E-state index in [0.29, 0.717) is 18.2 Å². The lowest BCUT2D eigenvalue weighted by Gasteiger charge is -2.37. The second-order valence-electron chi connectivity index (χ2n) is 6.21. The molecule has 7 heteroatoms. The smallest absolute Gasteiger partial charge is 0.284 e. The Morgan fingerprint density at radius 2 is 2.04 bits per heavy atom. The normalized spacial score (nSPS) is 16.9. The molecule has 0 spiro atoms. The molecular weight excluding hydrogens is 294 g/mol. The first-order valence-electron chi connectivity index (χ1n) is 8.06. The Bertz CT molecular complexity index is 544. The molecule has 2 rings (SSSR count). The SMILES string of the molecule is CN=C(NCc1ccc(C(N)=O)o1)N1CCN(CC(C)C)CC1. The molecule has 1 aromatic rings. The summed E-state index contributed by atoms with van der Waals surface area (Å²) in [5.41, 5.74) is 5.18. The minimum Gasteiger partial charge on any atom is -0.454 e. The molecule has 0 unspecified atom stereocenters. The zero-order valence-corrected chi connectivity index (χ0v) is 14.2. The average Bonchev–Trinajstić information content (AvgIpc) is 2.98. The standard InChI is InChI=1S/C16H27N5O2/c1-12(2)11-20-6-8-21(9-7-20)16(18-3)19-10-13-4-5-14(23-13)15(17)22/h4-5,12H,6-11H2,1-3H3,(H2,17,22)(H,18,19). The van der Waals surface area contributed by atoms with Crippen LogP contribution in [0.25, 0.3) is 0 Å². The van der Waals surface area contributed by atoms with Gasteiger partial charge in [0.25, 0.3) is 5.91 Å². The Labute approximate surface area is 137 Å². The second kappa shape index (κ2) is 8.01. The van der Waals surface area contributed by atoms with Crippen LogP contribution in [0.5, 0.6) is 0 Å². The van der Waals surface area contributed by atoms with Gasteiger partial charge in [0, 0.05) is 39.8 Å². The summed E-state index contributed by atoms with van der Waals surface area (Å²) >= 11 is 0. The Hall–Kier alpha value is -2.02. The number of primary amides is 1. The van der Waals surface area contributed by atoms with E-state index in [1.54, 1.807) is 19.2 Å². The Kier molecular flexibility index (Phi) is 6.04. The molecular formula is C16H27N5O2. The van der Waals surface area contributed by atoms with Crippen LogP contribution in [0.2, 0.25) is 0 Å². The van der Waals surface area contributed by atoms with Crippen LogP contribution in [-0.4, -0.2) is 61.4 Å². The number of hydrogen-bond donors (Lipinski definition) is 2. The van der Waals surface area contributed by atoms with Gasteiger partial charge in [-0.1, -0.05) is 13.8 Å². The van der Waals surface area contributed by atoms with Crippen molar-refractivity contribution in [2.75, 3.05) is 39.8 Å². The number of guanidine groups is 1. The van der Waals surface area contributed by atoms with E-state index in [-0.39, 0.29) is 5.76 Å². The van der Waals surface area contributed by atoms with Gasteiger partial charge in [-0.05, 0) is 18.1 Å². The lowest BCUT2D eigenvalue weighted by molar-refractivity contribution is 0.0972. The zero-order chi connectivity index (χ0) is 16.8. The van der Waals surface area contributed by atoms with Gasteiger partial charge in [0.15, 0.2) is 11.7 Å². The maximum Gasteiger partial charge on any atom is 0.284 e. The number of rotatable bonds is 5. The quantitative estimate of drug-likeness (QED) is 0.616. The third-order valence-corrected chi connectivity index (χ3v) is 3.83. The van der Waals surface area contributed by atoms with E-state index in [9.17, 15) is 4.79 Å². The molecule has 1 saturated heterocycles. The lowest BCUT2D eigenvalue weighted by atomic mass is 10.2. The number of piperazine rings is 1. The maximum atomic E-state index is 11.0. The van der Waals surface area contributed by atoms with Crippen LogP contribution in [-0.2, 0) is 6.54 Å². The number of hydrogen-bond acceptors (Lipinski definition) is 4. The van der Waals surface area contributed by atoms with Crippen LogP contribution in [0.4, 0.5) is 0 Å². The number of amides is 1. The molecule has 2 heterocycles. The van der Waals surface area contributed by atoms with Crippen molar-refractivity contribution in [3.8, 4) is 0 Å². The summed E-state index contributed by atoms with van der Waals surface area (Å²) in [6.45, 7) is 10.1. The number of aliphatic imine (C=N–C) groups is 1. The van der Waals surface area contributed by atoms with Gasteiger partial charge in [0.2, 0.25) is 0 Å². The fraction of sp³-hybridized carbons (Fsp3) is 0.625. The average molecular weight is 321 g/mol. The number of furan rings is 1. The van der Waals surface area contributed by atoms with Crippen molar-refractivity contribution in [3.05, 3.63) is 23.7 Å². The summed E-state index contributed by atoms with van der Waals surface area (Å²) in [5, 5.41) is 3.27. The molecule has 1 aromatic heterocycles. The maximum absolute atomic E-state index is 11.0. The second-order valence-corrected chi connectivity index (χ2v) is 6.21. The zero-order valence-electron chi connectivity index (χ0n) is 14.2. The third-order valence-electron chi connectivity index (χ3n) is 3.83. The fourth-order valence-corrected chi connectivity index (χ4v) is 2.76. The van der Waals surface area contributed by atoms with Crippen LogP contribution < -0.4 is 11.1 Å². The monoisotopic (exact) mass is 321 g/mol. The highest BCUT2D eigenvalue weighted by atomic mass is 16.3. The largest absolute Gasteiger partial charge is 0.454 e. The summed E-state index contributed by atoms with van der Waals surface area (Å²) in [6, 6.07) is 3.34. The van der Waals surface area contributed by atoms with Gasteiger partial charge in [0.05, 0.1) is 6.54 Å². The van der Waals surface area contributed by atoms with E-state index in [2.05, 4.69) is 34.0 Å². The molecule has 23 heavy (non-hydrogen) atoms.